The van der Waals surface area contributed by atoms with Crippen LogP contribution in [0, 0.1) is 5.82 Å². The van der Waals surface area contributed by atoms with E-state index in [1.54, 1.807) is 49.6 Å². The number of benzene rings is 3. The number of methoxy groups -OCH3 is 1. The van der Waals surface area contributed by atoms with Crippen LogP contribution in [0.25, 0.3) is 0 Å². The van der Waals surface area contributed by atoms with Crippen LogP contribution in [-0.4, -0.2) is 24.8 Å². The average molecular weight is 514 g/mol. The zero-order chi connectivity index (χ0) is 26.8. The standard InChI is InChI=1S/C30H27FN2O5/c1-38-22-11-9-18(10-12-22)30-29-24(16-20(17-26(29)34)19-5-4-6-21(31)15-19)32-23-7-2-3-8-25(23)33(30)27(35)13-14-28(36)37/h2-12,15,20,30,32H,13-14,16-17H2,1H3,(H,36,37)/p-1/t20-,30+/m0/s1. The summed E-state index contributed by atoms with van der Waals surface area (Å²) in [6.45, 7) is 0. The fourth-order valence-corrected chi connectivity index (χ4v) is 5.29. The predicted molar refractivity (Wildman–Crippen MR) is 138 cm³/mol. The van der Waals surface area contributed by atoms with Gasteiger partial charge in [0, 0.05) is 30.1 Å². The van der Waals surface area contributed by atoms with Gasteiger partial charge in [-0.05, 0) is 66.3 Å². The molecule has 0 aromatic heterocycles. The van der Waals surface area contributed by atoms with Crippen LogP contribution >= 0.6 is 0 Å². The number of carboxylic acid groups (broad SMARTS) is 1. The predicted octanol–water partition coefficient (Wildman–Crippen LogP) is 4.27. The van der Waals surface area contributed by atoms with Crippen molar-refractivity contribution in [3.8, 4) is 5.75 Å². The van der Waals surface area contributed by atoms with E-state index in [1.165, 1.54) is 17.0 Å². The molecule has 1 heterocycles. The third kappa shape index (κ3) is 4.89. The van der Waals surface area contributed by atoms with Crippen molar-refractivity contribution in [2.24, 2.45) is 0 Å². The first-order valence-electron chi connectivity index (χ1n) is 12.4. The van der Waals surface area contributed by atoms with Crippen molar-refractivity contribution >= 4 is 29.0 Å². The van der Waals surface area contributed by atoms with Gasteiger partial charge in [-0.2, -0.15) is 0 Å². The van der Waals surface area contributed by atoms with Crippen LogP contribution in [0.1, 0.15) is 48.8 Å². The van der Waals surface area contributed by atoms with E-state index in [2.05, 4.69) is 5.32 Å². The smallest absolute Gasteiger partial charge is 0.228 e. The minimum atomic E-state index is -1.33. The molecule has 1 aliphatic heterocycles. The number of ketones is 1. The Morgan fingerprint density at radius 3 is 2.47 bits per heavy atom. The minimum Gasteiger partial charge on any atom is -0.550 e. The molecule has 1 amide bonds. The quantitative estimate of drug-likeness (QED) is 0.529. The molecule has 0 radical (unpaired) electrons. The lowest BCUT2D eigenvalue weighted by Crippen LogP contribution is -2.39. The molecular weight excluding hydrogens is 487 g/mol. The summed E-state index contributed by atoms with van der Waals surface area (Å²) in [4.78, 5) is 40.2. The van der Waals surface area contributed by atoms with Gasteiger partial charge in [0.05, 0.1) is 24.5 Å². The number of allylic oxidation sites excluding steroid dienone is 1. The first-order valence-corrected chi connectivity index (χ1v) is 12.4. The summed E-state index contributed by atoms with van der Waals surface area (Å²) < 4.78 is 19.3. The molecule has 5 rings (SSSR count). The molecule has 2 atom stereocenters. The second-order valence-corrected chi connectivity index (χ2v) is 9.43. The van der Waals surface area contributed by atoms with E-state index in [0.717, 1.165) is 5.56 Å². The average Bonchev–Trinajstić information content (AvgIpc) is 3.06. The Hall–Kier alpha value is -4.46. The van der Waals surface area contributed by atoms with Crippen LogP contribution < -0.4 is 20.1 Å². The molecule has 1 N–H and O–H groups in total. The molecule has 0 saturated carbocycles. The number of fused-ring (bicyclic) bond motifs is 1. The lowest BCUT2D eigenvalue weighted by molar-refractivity contribution is -0.305. The van der Waals surface area contributed by atoms with Gasteiger partial charge in [-0.25, -0.2) is 4.39 Å². The van der Waals surface area contributed by atoms with Crippen molar-refractivity contribution < 1.29 is 28.6 Å². The molecule has 0 fully saturated rings. The van der Waals surface area contributed by atoms with Gasteiger partial charge in [0.1, 0.15) is 11.6 Å². The molecule has 0 unspecified atom stereocenters. The summed E-state index contributed by atoms with van der Waals surface area (Å²) >= 11 is 0. The molecule has 8 heteroatoms. The second kappa shape index (κ2) is 10.5. The van der Waals surface area contributed by atoms with Crippen molar-refractivity contribution in [1.82, 2.24) is 0 Å². The fraction of sp³-hybridized carbons (Fsp3) is 0.233. The molecule has 194 valence electrons. The number of ether oxygens (including phenoxy) is 1. The Kier molecular flexibility index (Phi) is 6.96. The number of nitrogens with one attached hydrogen (secondary N) is 1. The van der Waals surface area contributed by atoms with Crippen LogP contribution in [0.5, 0.6) is 5.75 Å². The van der Waals surface area contributed by atoms with E-state index in [9.17, 15) is 23.9 Å². The summed E-state index contributed by atoms with van der Waals surface area (Å²) in [5.74, 6) is -1.93. The number of aliphatic carboxylic acids is 1. The largest absolute Gasteiger partial charge is 0.550 e. The number of hydrogen-bond acceptors (Lipinski definition) is 6. The Morgan fingerprint density at radius 2 is 1.76 bits per heavy atom. The summed E-state index contributed by atoms with van der Waals surface area (Å²) in [5, 5.41) is 14.6. The number of para-hydroxylation sites is 2. The van der Waals surface area contributed by atoms with Crippen molar-refractivity contribution in [2.45, 2.75) is 37.6 Å². The number of halogens is 1. The van der Waals surface area contributed by atoms with Gasteiger partial charge in [-0.1, -0.05) is 36.4 Å². The summed E-state index contributed by atoms with van der Waals surface area (Å²) in [7, 11) is 1.55. The maximum absolute atomic E-state index is 14.0. The van der Waals surface area contributed by atoms with Crippen molar-refractivity contribution in [3.63, 3.8) is 0 Å². The Balaban J connectivity index is 1.68. The van der Waals surface area contributed by atoms with Crippen molar-refractivity contribution in [3.05, 3.63) is 101 Å². The summed E-state index contributed by atoms with van der Waals surface area (Å²) in [6, 6.07) is 19.8. The summed E-state index contributed by atoms with van der Waals surface area (Å²) in [5.41, 5.74) is 3.63. The number of Topliss-reactive ketones (excluding diaryl/α,β-unsaturated/α-hetero) is 1. The van der Waals surface area contributed by atoms with Gasteiger partial charge in [-0.15, -0.1) is 0 Å². The topological polar surface area (TPSA) is 98.8 Å². The van der Waals surface area contributed by atoms with Gasteiger partial charge in [-0.3, -0.25) is 14.5 Å². The minimum absolute atomic E-state index is 0.147. The van der Waals surface area contributed by atoms with Crippen molar-refractivity contribution in [1.29, 1.82) is 0 Å². The van der Waals surface area contributed by atoms with Crippen LogP contribution in [0.4, 0.5) is 15.8 Å². The highest BCUT2D eigenvalue weighted by Gasteiger charge is 2.41. The molecule has 3 aromatic rings. The second-order valence-electron chi connectivity index (χ2n) is 9.43. The maximum atomic E-state index is 14.0. The number of rotatable bonds is 6. The molecular formula is C30H26FN2O5-. The highest BCUT2D eigenvalue weighted by molar-refractivity contribution is 6.06. The van der Waals surface area contributed by atoms with Crippen LogP contribution in [0.2, 0.25) is 0 Å². The zero-order valence-corrected chi connectivity index (χ0v) is 20.8. The molecule has 1 aliphatic carbocycles. The first kappa shape index (κ1) is 25.2. The van der Waals surface area contributed by atoms with E-state index in [-0.39, 0.29) is 30.4 Å². The Bertz CT molecular complexity index is 1430. The fourth-order valence-electron chi connectivity index (χ4n) is 5.29. The number of carboxylic acids is 1. The van der Waals surface area contributed by atoms with E-state index in [0.29, 0.717) is 40.4 Å². The molecule has 0 bridgehead atoms. The van der Waals surface area contributed by atoms with E-state index in [4.69, 9.17) is 4.74 Å². The van der Waals surface area contributed by atoms with Crippen molar-refractivity contribution in [2.75, 3.05) is 17.3 Å². The third-order valence-corrected chi connectivity index (χ3v) is 7.05. The van der Waals surface area contributed by atoms with E-state index < -0.39 is 24.3 Å². The monoisotopic (exact) mass is 513 g/mol. The van der Waals surface area contributed by atoms with Gasteiger partial charge >= 0.3 is 0 Å². The lowest BCUT2D eigenvalue weighted by atomic mass is 9.78. The molecule has 0 saturated heterocycles. The summed E-state index contributed by atoms with van der Waals surface area (Å²) in [6.07, 6.45) is -0.144. The zero-order valence-electron chi connectivity index (χ0n) is 20.8. The van der Waals surface area contributed by atoms with Gasteiger partial charge in [0.25, 0.3) is 0 Å². The van der Waals surface area contributed by atoms with E-state index >= 15 is 0 Å². The number of amides is 1. The number of anilines is 2. The van der Waals surface area contributed by atoms with Gasteiger partial charge in [0.2, 0.25) is 5.91 Å². The number of hydrogen-bond donors (Lipinski definition) is 1. The maximum Gasteiger partial charge on any atom is 0.228 e. The Morgan fingerprint density at radius 1 is 1.00 bits per heavy atom. The third-order valence-electron chi connectivity index (χ3n) is 7.05. The highest BCUT2D eigenvalue weighted by Crippen LogP contribution is 2.47. The molecule has 3 aromatic carbocycles. The SMILES string of the molecule is COc1ccc([C@@H]2C3=C(C[C@H](c4cccc(F)c4)CC3=O)Nc3ccccc3N2C(=O)CCC(=O)[O-])cc1. The number of carbonyl (C=O) groups excluding carboxylic acids is 3. The van der Waals surface area contributed by atoms with Crippen LogP contribution in [0.15, 0.2) is 84.1 Å². The van der Waals surface area contributed by atoms with Crippen LogP contribution in [-0.2, 0) is 14.4 Å². The van der Waals surface area contributed by atoms with E-state index in [1.807, 2.05) is 18.2 Å². The Labute approximate surface area is 219 Å². The number of carbonyl (C=O) groups is 3. The molecule has 2 aliphatic rings. The first-order chi connectivity index (χ1) is 18.4. The van der Waals surface area contributed by atoms with Gasteiger partial charge < -0.3 is 20.0 Å². The lowest BCUT2D eigenvalue weighted by Gasteiger charge is -2.35. The van der Waals surface area contributed by atoms with Crippen LogP contribution in [0.3, 0.4) is 0 Å². The highest BCUT2D eigenvalue weighted by atomic mass is 19.1. The molecule has 38 heavy (non-hydrogen) atoms. The number of nitrogens with zero attached hydrogens (tertiary/aromatic N) is 1. The normalized spacial score (nSPS) is 18.7. The van der Waals surface area contributed by atoms with Gasteiger partial charge in [0.15, 0.2) is 5.78 Å². The molecule has 0 spiro atoms. The molecule has 7 nitrogen and oxygen atoms in total.